The lowest BCUT2D eigenvalue weighted by Crippen LogP contribution is -2.34. The summed E-state index contributed by atoms with van der Waals surface area (Å²) in [5, 5.41) is 23.5. The number of nitrogens with one attached hydrogen (secondary N) is 1. The van der Waals surface area contributed by atoms with Gasteiger partial charge in [-0.05, 0) is 156 Å². The van der Waals surface area contributed by atoms with Crippen LogP contribution in [0.3, 0.4) is 0 Å². The van der Waals surface area contributed by atoms with E-state index in [-0.39, 0.29) is 24.3 Å². The molecular formula is C47H48N8O4S2. The van der Waals surface area contributed by atoms with Crippen LogP contribution in [0, 0.1) is 22.7 Å². The predicted octanol–water partition coefficient (Wildman–Crippen LogP) is 10.5. The zero-order valence-electron chi connectivity index (χ0n) is 35.3. The van der Waals surface area contributed by atoms with Crippen molar-refractivity contribution in [1.82, 2.24) is 24.0 Å². The van der Waals surface area contributed by atoms with Gasteiger partial charge in [0.1, 0.15) is 39.3 Å². The van der Waals surface area contributed by atoms with Gasteiger partial charge in [-0.25, -0.2) is 14.8 Å². The van der Waals surface area contributed by atoms with Crippen molar-refractivity contribution in [3.63, 3.8) is 0 Å². The molecule has 12 nitrogen and oxygen atoms in total. The van der Waals surface area contributed by atoms with Crippen LogP contribution in [-0.4, -0.2) is 42.6 Å². The molecule has 61 heavy (non-hydrogen) atoms. The number of amides is 1. The van der Waals surface area contributed by atoms with Crippen LogP contribution in [0.25, 0.3) is 43.9 Å². The monoisotopic (exact) mass is 852 g/mol. The Morgan fingerprint density at radius 1 is 0.754 bits per heavy atom. The summed E-state index contributed by atoms with van der Waals surface area (Å²) in [6.45, 7) is 13.3. The molecule has 0 bridgehead atoms. The number of fused-ring (bicyclic) bond motifs is 2. The molecule has 0 aliphatic heterocycles. The SMILES string of the molecule is CC(C)Oc1ccc(-c2nc(-c3cccc4c3CC[C@@H]4N)ns2)cc1C#N.CC(C)Oc1ccc(-c2nc(-c3cccc4c3CC[C@@H]4NC(=O)OC(C)(C)C)ns2)cc1C#N. The third-order valence-electron chi connectivity index (χ3n) is 10.0. The van der Waals surface area contributed by atoms with Gasteiger partial charge < -0.3 is 25.3 Å². The largest absolute Gasteiger partial charge is 0.490 e. The maximum Gasteiger partial charge on any atom is 0.408 e. The van der Waals surface area contributed by atoms with Gasteiger partial charge in [0.15, 0.2) is 11.6 Å². The lowest BCUT2D eigenvalue weighted by atomic mass is 10.0. The second-order valence-corrected chi connectivity index (χ2v) is 18.0. The number of nitrogens with zero attached hydrogens (tertiary/aromatic N) is 6. The molecule has 0 spiro atoms. The molecule has 0 fully saturated rings. The average Bonchev–Trinajstić information content (AvgIpc) is 4.05. The molecule has 6 aromatic rings. The molecule has 0 saturated heterocycles. The standard InChI is InChI=1S/C26H28N4O3S.C21H20N4OS/c1-15(2)32-22-12-9-16(13-17(22)14-27)24-29-23(30-34-24)20-8-6-7-19-18(20)10-11-21(19)28-25(31)33-26(3,4)5;1-12(2)26-19-9-6-13(10-14(19)11-22)21-24-20(25-27-21)17-5-3-4-16-15(17)7-8-18(16)23/h6-9,12-13,15,21H,10-11H2,1-5H3,(H,28,31);3-6,9-10,12,18H,7-8,23H2,1-2H3/t21-;18-/m00/s1. The van der Waals surface area contributed by atoms with Gasteiger partial charge in [-0.2, -0.15) is 19.3 Å². The topological polar surface area (TPSA) is 182 Å². The Morgan fingerprint density at radius 2 is 1.25 bits per heavy atom. The van der Waals surface area contributed by atoms with E-state index in [4.69, 9.17) is 29.9 Å². The van der Waals surface area contributed by atoms with Crippen LogP contribution < -0.4 is 20.5 Å². The predicted molar refractivity (Wildman–Crippen MR) is 238 cm³/mol. The molecule has 1 amide bonds. The first kappa shape index (κ1) is 42.9. The van der Waals surface area contributed by atoms with E-state index >= 15 is 0 Å². The van der Waals surface area contributed by atoms with Crippen LogP contribution in [0.5, 0.6) is 11.5 Å². The van der Waals surface area contributed by atoms with Crippen LogP contribution in [-0.2, 0) is 17.6 Å². The average molecular weight is 853 g/mol. The van der Waals surface area contributed by atoms with E-state index in [2.05, 4.69) is 38.3 Å². The van der Waals surface area contributed by atoms with Crippen LogP contribution in [0.4, 0.5) is 4.79 Å². The smallest absolute Gasteiger partial charge is 0.408 e. The van der Waals surface area contributed by atoms with E-state index in [1.165, 1.54) is 34.2 Å². The number of alkyl carbamates (subject to hydrolysis) is 1. The van der Waals surface area contributed by atoms with Gasteiger partial charge in [-0.1, -0.05) is 36.4 Å². The quantitative estimate of drug-likeness (QED) is 0.141. The molecule has 14 heteroatoms. The number of nitrogens with two attached hydrogens (primary N) is 1. The molecule has 0 radical (unpaired) electrons. The summed E-state index contributed by atoms with van der Waals surface area (Å²) in [4.78, 5) is 21.8. The van der Waals surface area contributed by atoms with Crippen molar-refractivity contribution in [3.05, 3.63) is 106 Å². The van der Waals surface area contributed by atoms with E-state index in [1.807, 2.05) is 103 Å². The first-order valence-corrected chi connectivity index (χ1v) is 21.8. The van der Waals surface area contributed by atoms with E-state index in [0.717, 1.165) is 74.9 Å². The molecule has 312 valence electrons. The lowest BCUT2D eigenvalue weighted by molar-refractivity contribution is 0.0503. The van der Waals surface area contributed by atoms with Crippen molar-refractivity contribution in [3.8, 4) is 67.6 Å². The summed E-state index contributed by atoms with van der Waals surface area (Å²) in [5.74, 6) is 2.53. The second kappa shape index (κ2) is 18.2. The Kier molecular flexibility index (Phi) is 12.8. The number of carbonyl (C=O) groups excluding carboxylic acids is 1. The molecule has 0 unspecified atom stereocenters. The highest BCUT2D eigenvalue weighted by molar-refractivity contribution is 7.09. The zero-order valence-corrected chi connectivity index (χ0v) is 36.9. The fourth-order valence-corrected chi connectivity index (χ4v) is 8.82. The number of benzene rings is 4. The van der Waals surface area contributed by atoms with E-state index in [9.17, 15) is 15.3 Å². The molecule has 3 N–H and O–H groups in total. The van der Waals surface area contributed by atoms with Crippen LogP contribution >= 0.6 is 23.1 Å². The molecule has 2 aromatic heterocycles. The summed E-state index contributed by atoms with van der Waals surface area (Å²) in [6, 6.07) is 27.7. The Labute approximate surface area is 364 Å². The fraction of sp³-hybridized carbons (Fsp3) is 0.340. The Hall–Kier alpha value is -6.19. The molecule has 2 aliphatic rings. The van der Waals surface area contributed by atoms with Crippen molar-refractivity contribution >= 4 is 29.2 Å². The maximum atomic E-state index is 12.3. The number of nitriles is 2. The number of rotatable bonds is 9. The van der Waals surface area contributed by atoms with Gasteiger partial charge >= 0.3 is 6.09 Å². The first-order chi connectivity index (χ1) is 29.2. The lowest BCUT2D eigenvalue weighted by Gasteiger charge is -2.22. The fourth-order valence-electron chi connectivity index (χ4n) is 7.47. The summed E-state index contributed by atoms with van der Waals surface area (Å²) < 4.78 is 26.0. The molecule has 2 heterocycles. The molecule has 2 aliphatic carbocycles. The molecule has 8 rings (SSSR count). The van der Waals surface area contributed by atoms with E-state index in [0.29, 0.717) is 28.5 Å². The van der Waals surface area contributed by atoms with Crippen molar-refractivity contribution in [1.29, 1.82) is 10.5 Å². The zero-order chi connectivity index (χ0) is 43.4. The van der Waals surface area contributed by atoms with Crippen molar-refractivity contribution < 1.29 is 19.0 Å². The van der Waals surface area contributed by atoms with Gasteiger partial charge in [0.2, 0.25) is 0 Å². The highest BCUT2D eigenvalue weighted by Gasteiger charge is 2.29. The summed E-state index contributed by atoms with van der Waals surface area (Å²) in [5.41, 5.74) is 15.0. The highest BCUT2D eigenvalue weighted by atomic mass is 32.1. The number of carbonyl (C=O) groups is 1. The number of hydrogen-bond acceptors (Lipinski definition) is 13. The molecule has 0 saturated carbocycles. The van der Waals surface area contributed by atoms with Crippen LogP contribution in [0.2, 0.25) is 0 Å². The Balaban J connectivity index is 0.000000189. The highest BCUT2D eigenvalue weighted by Crippen LogP contribution is 2.40. The maximum absolute atomic E-state index is 12.3. The third kappa shape index (κ3) is 9.90. The molecular weight excluding hydrogens is 805 g/mol. The summed E-state index contributed by atoms with van der Waals surface area (Å²) in [7, 11) is 0. The normalized spacial score (nSPS) is 15.3. The van der Waals surface area contributed by atoms with Gasteiger partial charge in [0.25, 0.3) is 0 Å². The van der Waals surface area contributed by atoms with Gasteiger partial charge in [0, 0.05) is 28.3 Å². The first-order valence-electron chi connectivity index (χ1n) is 20.3. The van der Waals surface area contributed by atoms with E-state index < -0.39 is 11.7 Å². The minimum atomic E-state index is -0.543. The van der Waals surface area contributed by atoms with Crippen molar-refractivity contribution in [2.24, 2.45) is 5.73 Å². The third-order valence-corrected chi connectivity index (χ3v) is 11.6. The summed E-state index contributed by atoms with van der Waals surface area (Å²) in [6.07, 6.45) is 3.13. The van der Waals surface area contributed by atoms with Crippen molar-refractivity contribution in [2.75, 3.05) is 0 Å². The number of ether oxygens (including phenoxy) is 3. The van der Waals surface area contributed by atoms with Gasteiger partial charge in [-0.3, -0.25) is 0 Å². The number of hydrogen-bond donors (Lipinski definition) is 2. The molecule has 4 aromatic carbocycles. The number of aromatic nitrogens is 4. The van der Waals surface area contributed by atoms with Gasteiger partial charge in [0.05, 0.1) is 29.4 Å². The molecule has 2 atom stereocenters. The summed E-state index contributed by atoms with van der Waals surface area (Å²) >= 11 is 2.64. The Bertz CT molecular complexity index is 2650. The van der Waals surface area contributed by atoms with E-state index in [1.54, 1.807) is 6.07 Å². The van der Waals surface area contributed by atoms with Gasteiger partial charge in [-0.15, -0.1) is 0 Å². The Morgan fingerprint density at radius 3 is 1.74 bits per heavy atom. The van der Waals surface area contributed by atoms with Crippen LogP contribution in [0.15, 0.2) is 72.8 Å². The second-order valence-electron chi connectivity index (χ2n) is 16.5. The minimum absolute atomic E-state index is 0.0140. The van der Waals surface area contributed by atoms with Crippen LogP contribution in [0.1, 0.15) is 107 Å². The van der Waals surface area contributed by atoms with Crippen molar-refractivity contribution in [2.45, 2.75) is 104 Å². The minimum Gasteiger partial charge on any atom is -0.490 e.